The lowest BCUT2D eigenvalue weighted by Crippen LogP contribution is -2.22. The lowest BCUT2D eigenvalue weighted by atomic mass is 10.0. The maximum atomic E-state index is 12.0. The summed E-state index contributed by atoms with van der Waals surface area (Å²) >= 11 is 0. The third-order valence-corrected chi connectivity index (χ3v) is 6.23. The SMILES string of the molecule is CCCCCCCCCCCCCCCCCCC(N)CCC(=O)Nc1ccccc1. The fourth-order valence-electron chi connectivity index (χ4n) is 4.16. The van der Waals surface area contributed by atoms with Crippen LogP contribution in [0.15, 0.2) is 30.3 Å². The monoisotopic (exact) mass is 430 g/mol. The number of unbranched alkanes of at least 4 members (excludes halogenated alkanes) is 15. The van der Waals surface area contributed by atoms with Crippen LogP contribution < -0.4 is 11.1 Å². The quantitative estimate of drug-likeness (QED) is 0.192. The first-order valence-corrected chi connectivity index (χ1v) is 13.3. The van der Waals surface area contributed by atoms with E-state index in [1.54, 1.807) is 0 Å². The number of hydrogen-bond acceptors (Lipinski definition) is 2. The molecule has 3 heteroatoms. The summed E-state index contributed by atoms with van der Waals surface area (Å²) in [6.07, 6.45) is 24.6. The van der Waals surface area contributed by atoms with E-state index in [2.05, 4.69) is 12.2 Å². The number of hydrogen-bond donors (Lipinski definition) is 2. The molecule has 1 atom stereocenters. The van der Waals surface area contributed by atoms with Crippen LogP contribution in [0.4, 0.5) is 5.69 Å². The van der Waals surface area contributed by atoms with Crippen molar-refractivity contribution in [3.8, 4) is 0 Å². The lowest BCUT2D eigenvalue weighted by molar-refractivity contribution is -0.116. The zero-order valence-electron chi connectivity index (χ0n) is 20.4. The van der Waals surface area contributed by atoms with E-state index in [9.17, 15) is 4.79 Å². The summed E-state index contributed by atoms with van der Waals surface area (Å²) in [7, 11) is 0. The van der Waals surface area contributed by atoms with Gasteiger partial charge < -0.3 is 11.1 Å². The van der Waals surface area contributed by atoms with E-state index in [1.165, 1.54) is 103 Å². The van der Waals surface area contributed by atoms with Gasteiger partial charge in [-0.15, -0.1) is 0 Å². The second-order valence-electron chi connectivity index (χ2n) is 9.30. The molecule has 3 nitrogen and oxygen atoms in total. The molecule has 0 bridgehead atoms. The largest absolute Gasteiger partial charge is 0.328 e. The third-order valence-electron chi connectivity index (χ3n) is 6.23. The van der Waals surface area contributed by atoms with Crippen molar-refractivity contribution >= 4 is 11.6 Å². The van der Waals surface area contributed by atoms with Crippen molar-refractivity contribution in [2.24, 2.45) is 5.73 Å². The van der Waals surface area contributed by atoms with Crippen LogP contribution in [0.25, 0.3) is 0 Å². The number of para-hydroxylation sites is 1. The van der Waals surface area contributed by atoms with Crippen LogP contribution in [-0.2, 0) is 4.79 Å². The Bertz CT molecular complexity index is 517. The Balaban J connectivity index is 1.80. The molecule has 0 saturated carbocycles. The molecule has 0 fully saturated rings. The van der Waals surface area contributed by atoms with E-state index in [0.29, 0.717) is 6.42 Å². The number of amides is 1. The molecule has 0 aliphatic rings. The van der Waals surface area contributed by atoms with Crippen LogP contribution in [-0.4, -0.2) is 11.9 Å². The standard InChI is InChI=1S/C28H50N2O/c1-2-3-4-5-6-7-8-9-10-11-12-13-14-15-16-18-21-26(29)24-25-28(31)30-27-22-19-17-20-23-27/h17,19-20,22-23,26H,2-16,18,21,24-25,29H2,1H3,(H,30,31). The van der Waals surface area contributed by atoms with Crippen LogP contribution in [0.2, 0.25) is 0 Å². The van der Waals surface area contributed by atoms with Crippen LogP contribution >= 0.6 is 0 Å². The number of rotatable bonds is 21. The summed E-state index contributed by atoms with van der Waals surface area (Å²) in [5, 5.41) is 2.93. The van der Waals surface area contributed by atoms with Crippen molar-refractivity contribution in [2.75, 3.05) is 5.32 Å². The van der Waals surface area contributed by atoms with Crippen LogP contribution in [0.5, 0.6) is 0 Å². The number of nitrogens with one attached hydrogen (secondary N) is 1. The number of benzene rings is 1. The zero-order chi connectivity index (χ0) is 22.4. The highest BCUT2D eigenvalue weighted by molar-refractivity contribution is 5.90. The second-order valence-corrected chi connectivity index (χ2v) is 9.30. The van der Waals surface area contributed by atoms with Gasteiger partial charge in [-0.1, -0.05) is 128 Å². The Morgan fingerprint density at radius 1 is 0.710 bits per heavy atom. The second kappa shape index (κ2) is 20.5. The molecule has 1 unspecified atom stereocenters. The molecule has 1 amide bonds. The molecule has 31 heavy (non-hydrogen) atoms. The molecule has 0 aliphatic heterocycles. The summed E-state index contributed by atoms with van der Waals surface area (Å²) in [5.74, 6) is 0.0635. The Kier molecular flexibility index (Phi) is 18.3. The smallest absolute Gasteiger partial charge is 0.224 e. The number of anilines is 1. The average molecular weight is 431 g/mol. The van der Waals surface area contributed by atoms with Gasteiger partial charge >= 0.3 is 0 Å². The van der Waals surface area contributed by atoms with Gasteiger partial charge in [-0.2, -0.15) is 0 Å². The van der Waals surface area contributed by atoms with Gasteiger partial charge in [0.2, 0.25) is 5.91 Å². The van der Waals surface area contributed by atoms with Crippen molar-refractivity contribution in [2.45, 2.75) is 135 Å². The molecule has 178 valence electrons. The van der Waals surface area contributed by atoms with E-state index >= 15 is 0 Å². The van der Waals surface area contributed by atoms with Gasteiger partial charge in [0.05, 0.1) is 0 Å². The molecular formula is C28H50N2O. The molecule has 0 aromatic heterocycles. The third kappa shape index (κ3) is 18.0. The number of nitrogens with two attached hydrogens (primary N) is 1. The van der Waals surface area contributed by atoms with Crippen LogP contribution in [0.3, 0.4) is 0 Å². The van der Waals surface area contributed by atoms with Gasteiger partial charge in [0.25, 0.3) is 0 Å². The van der Waals surface area contributed by atoms with Crippen molar-refractivity contribution in [1.82, 2.24) is 0 Å². The lowest BCUT2D eigenvalue weighted by Gasteiger charge is -2.11. The van der Waals surface area contributed by atoms with E-state index in [-0.39, 0.29) is 11.9 Å². The van der Waals surface area contributed by atoms with Crippen molar-refractivity contribution in [3.05, 3.63) is 30.3 Å². The molecule has 0 aliphatic carbocycles. The minimum Gasteiger partial charge on any atom is -0.328 e. The first kappa shape index (κ1) is 27.7. The molecule has 1 aromatic rings. The number of carbonyl (C=O) groups excluding carboxylic acids is 1. The summed E-state index contributed by atoms with van der Waals surface area (Å²) in [6.45, 7) is 2.29. The summed E-state index contributed by atoms with van der Waals surface area (Å²) < 4.78 is 0. The van der Waals surface area contributed by atoms with E-state index in [0.717, 1.165) is 18.5 Å². The van der Waals surface area contributed by atoms with Gasteiger partial charge in [0.1, 0.15) is 0 Å². The van der Waals surface area contributed by atoms with E-state index in [4.69, 9.17) is 5.73 Å². The maximum absolute atomic E-state index is 12.0. The van der Waals surface area contributed by atoms with Gasteiger partial charge in [-0.25, -0.2) is 0 Å². The molecule has 0 radical (unpaired) electrons. The molecule has 0 spiro atoms. The van der Waals surface area contributed by atoms with Gasteiger partial charge in [-0.05, 0) is 25.0 Å². The van der Waals surface area contributed by atoms with Crippen LogP contribution in [0, 0.1) is 0 Å². The zero-order valence-corrected chi connectivity index (χ0v) is 20.4. The van der Waals surface area contributed by atoms with Crippen LogP contribution in [0.1, 0.15) is 129 Å². The minimum atomic E-state index is 0.0635. The molecule has 0 saturated heterocycles. The van der Waals surface area contributed by atoms with Gasteiger partial charge in [-0.3, -0.25) is 4.79 Å². The molecule has 1 aromatic carbocycles. The van der Waals surface area contributed by atoms with Crippen molar-refractivity contribution in [3.63, 3.8) is 0 Å². The van der Waals surface area contributed by atoms with Gasteiger partial charge in [0, 0.05) is 18.2 Å². The summed E-state index contributed by atoms with van der Waals surface area (Å²) in [4.78, 5) is 12.0. The van der Waals surface area contributed by atoms with Gasteiger partial charge in [0.15, 0.2) is 0 Å². The maximum Gasteiger partial charge on any atom is 0.224 e. The first-order valence-electron chi connectivity index (χ1n) is 13.3. The Morgan fingerprint density at radius 2 is 1.16 bits per heavy atom. The molecule has 0 heterocycles. The molecule has 1 rings (SSSR count). The highest BCUT2D eigenvalue weighted by Crippen LogP contribution is 2.15. The first-order chi connectivity index (χ1) is 15.2. The Labute approximate surface area is 193 Å². The molecule has 3 N–H and O–H groups in total. The average Bonchev–Trinajstić information content (AvgIpc) is 2.78. The predicted molar refractivity (Wildman–Crippen MR) is 136 cm³/mol. The predicted octanol–water partition coefficient (Wildman–Crippen LogP) is 8.38. The number of carbonyl (C=O) groups is 1. The normalized spacial score (nSPS) is 12.1. The fourth-order valence-corrected chi connectivity index (χ4v) is 4.16. The van der Waals surface area contributed by atoms with E-state index < -0.39 is 0 Å². The summed E-state index contributed by atoms with van der Waals surface area (Å²) in [5.41, 5.74) is 7.06. The Morgan fingerprint density at radius 3 is 1.65 bits per heavy atom. The van der Waals surface area contributed by atoms with Crippen molar-refractivity contribution in [1.29, 1.82) is 0 Å². The topological polar surface area (TPSA) is 55.1 Å². The Hall–Kier alpha value is -1.35. The highest BCUT2D eigenvalue weighted by atomic mass is 16.1. The molecular weight excluding hydrogens is 380 g/mol. The summed E-state index contributed by atoms with van der Waals surface area (Å²) in [6, 6.07) is 9.77. The van der Waals surface area contributed by atoms with E-state index in [1.807, 2.05) is 30.3 Å². The fraction of sp³-hybridized carbons (Fsp3) is 0.750. The highest BCUT2D eigenvalue weighted by Gasteiger charge is 2.07. The van der Waals surface area contributed by atoms with Crippen molar-refractivity contribution < 1.29 is 4.79 Å². The minimum absolute atomic E-state index is 0.0635.